The summed E-state index contributed by atoms with van der Waals surface area (Å²) in [6.45, 7) is 8.35. The molecule has 1 fully saturated rings. The quantitative estimate of drug-likeness (QED) is 0.810. The molecule has 0 aliphatic carbocycles. The van der Waals surface area contributed by atoms with E-state index in [9.17, 15) is 9.18 Å². The number of rotatable bonds is 5. The van der Waals surface area contributed by atoms with Crippen molar-refractivity contribution in [1.29, 1.82) is 0 Å². The van der Waals surface area contributed by atoms with Crippen LogP contribution < -0.4 is 5.32 Å². The van der Waals surface area contributed by atoms with Crippen LogP contribution in [0.25, 0.3) is 6.08 Å². The van der Waals surface area contributed by atoms with Crippen LogP contribution in [0, 0.1) is 5.82 Å². The van der Waals surface area contributed by atoms with Crippen molar-refractivity contribution in [2.45, 2.75) is 38.9 Å². The molecule has 7 heteroatoms. The number of nitrogens with one attached hydrogen (secondary N) is 1. The minimum atomic E-state index is -1.30. The van der Waals surface area contributed by atoms with Crippen LogP contribution in [0.2, 0.25) is 0 Å². The average molecular weight is 335 g/mol. The first kappa shape index (κ1) is 18.6. The normalized spacial score (nSPS) is 19.6. The van der Waals surface area contributed by atoms with E-state index in [1.807, 2.05) is 27.7 Å². The Kier molecular flexibility index (Phi) is 5.18. The summed E-state index contributed by atoms with van der Waals surface area (Å²) in [5, 5.41) is 12.1. The van der Waals surface area contributed by atoms with E-state index in [2.05, 4.69) is 5.32 Å². The largest absolute Gasteiger partial charge is 0.491 e. The van der Waals surface area contributed by atoms with Gasteiger partial charge in [-0.05, 0) is 57.9 Å². The topological polar surface area (TPSA) is 67.8 Å². The van der Waals surface area contributed by atoms with E-state index in [0.717, 1.165) is 11.5 Å². The van der Waals surface area contributed by atoms with E-state index >= 15 is 0 Å². The molecule has 1 saturated heterocycles. The summed E-state index contributed by atoms with van der Waals surface area (Å²) in [5.41, 5.74) is 0.0771. The van der Waals surface area contributed by atoms with Crippen molar-refractivity contribution in [3.05, 3.63) is 40.6 Å². The lowest BCUT2D eigenvalue weighted by atomic mass is 9.77. The highest BCUT2D eigenvalue weighted by atomic mass is 19.1. The van der Waals surface area contributed by atoms with Crippen LogP contribution >= 0.6 is 0 Å². The second kappa shape index (κ2) is 6.66. The molecule has 1 aromatic rings. The van der Waals surface area contributed by atoms with Gasteiger partial charge in [-0.3, -0.25) is 0 Å². The number of likely N-dealkylation sites (N-methyl/N-ethyl adjacent to an activating group) is 1. The van der Waals surface area contributed by atoms with Crippen LogP contribution in [-0.4, -0.2) is 43.0 Å². The molecule has 130 valence electrons. The Balaban J connectivity index is 2.37. The monoisotopic (exact) mass is 335 g/mol. The standard InChI is InChI=1S/C17H23BFNO4/c1-16(2)17(3,4)24-18(23-16)12(10-20-5)8-11-6-7-14(19)13(9-11)15(21)22/h6-9,20H,10H2,1-5H3,(H,21,22). The molecule has 0 atom stereocenters. The minimum Gasteiger partial charge on any atom is -0.478 e. The van der Waals surface area contributed by atoms with E-state index in [1.165, 1.54) is 12.1 Å². The fourth-order valence-corrected chi connectivity index (χ4v) is 2.41. The fraction of sp³-hybridized carbons (Fsp3) is 0.471. The third-order valence-electron chi connectivity index (χ3n) is 4.51. The van der Waals surface area contributed by atoms with Gasteiger partial charge < -0.3 is 19.7 Å². The SMILES string of the molecule is CNCC(=Cc1ccc(F)c(C(=O)O)c1)B1OC(C)(C)C(C)(C)O1. The molecule has 0 bridgehead atoms. The Morgan fingerprint density at radius 1 is 1.29 bits per heavy atom. The molecule has 1 heterocycles. The van der Waals surface area contributed by atoms with Crippen LogP contribution in [0.3, 0.4) is 0 Å². The van der Waals surface area contributed by atoms with Crippen molar-refractivity contribution in [2.75, 3.05) is 13.6 Å². The van der Waals surface area contributed by atoms with Gasteiger partial charge in [0.2, 0.25) is 0 Å². The molecule has 0 aromatic heterocycles. The van der Waals surface area contributed by atoms with Crippen LogP contribution in [0.15, 0.2) is 23.7 Å². The molecule has 0 radical (unpaired) electrons. The Hall–Kier alpha value is -1.70. The smallest absolute Gasteiger partial charge is 0.478 e. The van der Waals surface area contributed by atoms with E-state index in [1.54, 1.807) is 13.1 Å². The minimum absolute atomic E-state index is 0.360. The van der Waals surface area contributed by atoms with Gasteiger partial charge in [-0.2, -0.15) is 0 Å². The highest BCUT2D eigenvalue weighted by molar-refractivity contribution is 6.55. The summed E-state index contributed by atoms with van der Waals surface area (Å²) in [5.74, 6) is -2.06. The van der Waals surface area contributed by atoms with Gasteiger partial charge >= 0.3 is 13.1 Å². The Morgan fingerprint density at radius 2 is 1.88 bits per heavy atom. The first-order chi connectivity index (χ1) is 11.1. The Labute approximate surface area is 142 Å². The van der Waals surface area contributed by atoms with Crippen LogP contribution in [0.5, 0.6) is 0 Å². The predicted octanol–water partition coefficient (Wildman–Crippen LogP) is 2.76. The Bertz CT molecular complexity index is 657. The third-order valence-corrected chi connectivity index (χ3v) is 4.51. The zero-order chi connectivity index (χ0) is 18.1. The van der Waals surface area contributed by atoms with Gasteiger partial charge in [0.05, 0.1) is 16.8 Å². The van der Waals surface area contributed by atoms with Gasteiger partial charge in [-0.1, -0.05) is 12.1 Å². The first-order valence-corrected chi connectivity index (χ1v) is 7.81. The van der Waals surface area contributed by atoms with Gasteiger partial charge in [0, 0.05) is 6.54 Å². The summed E-state index contributed by atoms with van der Waals surface area (Å²) in [6, 6.07) is 3.98. The van der Waals surface area contributed by atoms with Crippen LogP contribution in [-0.2, 0) is 9.31 Å². The molecule has 0 saturated carbocycles. The highest BCUT2D eigenvalue weighted by Gasteiger charge is 2.52. The molecular formula is C17H23BFNO4. The van der Waals surface area contributed by atoms with Crippen molar-refractivity contribution < 1.29 is 23.6 Å². The third kappa shape index (κ3) is 3.69. The van der Waals surface area contributed by atoms with Gasteiger partial charge in [-0.15, -0.1) is 0 Å². The summed E-state index contributed by atoms with van der Waals surface area (Å²) in [6.07, 6.45) is 1.77. The van der Waals surface area contributed by atoms with Crippen molar-refractivity contribution >= 4 is 19.2 Å². The maximum atomic E-state index is 13.5. The number of hydrogen-bond donors (Lipinski definition) is 2. The molecule has 0 unspecified atom stereocenters. The highest BCUT2D eigenvalue weighted by Crippen LogP contribution is 2.38. The lowest BCUT2D eigenvalue weighted by Gasteiger charge is -2.32. The molecule has 5 nitrogen and oxygen atoms in total. The van der Waals surface area contributed by atoms with Gasteiger partial charge in [0.1, 0.15) is 5.82 Å². The zero-order valence-corrected chi connectivity index (χ0v) is 14.6. The van der Waals surface area contributed by atoms with Crippen molar-refractivity contribution in [2.24, 2.45) is 0 Å². The van der Waals surface area contributed by atoms with Crippen molar-refractivity contribution in [3.8, 4) is 0 Å². The molecule has 1 aliphatic rings. The van der Waals surface area contributed by atoms with Gasteiger partial charge in [0.25, 0.3) is 0 Å². The van der Waals surface area contributed by atoms with E-state index in [0.29, 0.717) is 12.1 Å². The van der Waals surface area contributed by atoms with Gasteiger partial charge in [-0.25, -0.2) is 9.18 Å². The maximum Gasteiger partial charge on any atom is 0.491 e. The maximum absolute atomic E-state index is 13.5. The number of aromatic carboxylic acids is 1. The average Bonchev–Trinajstić information content (AvgIpc) is 2.68. The van der Waals surface area contributed by atoms with E-state index in [4.69, 9.17) is 14.4 Å². The summed E-state index contributed by atoms with van der Waals surface area (Å²) in [7, 11) is 1.24. The second-order valence-electron chi connectivity index (χ2n) is 6.88. The number of hydrogen-bond acceptors (Lipinski definition) is 4. The molecule has 0 amide bonds. The van der Waals surface area contributed by atoms with Crippen LogP contribution in [0.4, 0.5) is 4.39 Å². The Morgan fingerprint density at radius 3 is 2.38 bits per heavy atom. The van der Waals surface area contributed by atoms with E-state index in [-0.39, 0.29) is 5.56 Å². The first-order valence-electron chi connectivity index (χ1n) is 7.81. The lowest BCUT2D eigenvalue weighted by molar-refractivity contribution is 0.00578. The molecule has 0 spiro atoms. The number of carboxylic acids is 1. The summed E-state index contributed by atoms with van der Waals surface area (Å²) in [4.78, 5) is 11.1. The van der Waals surface area contributed by atoms with E-state index < -0.39 is 30.1 Å². The summed E-state index contributed by atoms with van der Waals surface area (Å²) < 4.78 is 25.6. The molecule has 1 aromatic carbocycles. The predicted molar refractivity (Wildman–Crippen MR) is 91.3 cm³/mol. The molecule has 2 rings (SSSR count). The fourth-order valence-electron chi connectivity index (χ4n) is 2.41. The molecule has 1 aliphatic heterocycles. The number of carbonyl (C=O) groups is 1. The number of carboxylic acid groups (broad SMARTS) is 1. The molecule has 2 N–H and O–H groups in total. The number of benzene rings is 1. The lowest BCUT2D eigenvalue weighted by Crippen LogP contribution is -2.41. The molecule has 24 heavy (non-hydrogen) atoms. The summed E-state index contributed by atoms with van der Waals surface area (Å²) >= 11 is 0. The van der Waals surface area contributed by atoms with Gasteiger partial charge in [0.15, 0.2) is 0 Å². The van der Waals surface area contributed by atoms with Crippen LogP contribution in [0.1, 0.15) is 43.6 Å². The van der Waals surface area contributed by atoms with Crippen molar-refractivity contribution in [1.82, 2.24) is 5.32 Å². The number of halogens is 1. The zero-order valence-electron chi connectivity index (χ0n) is 14.6. The molecular weight excluding hydrogens is 312 g/mol. The van der Waals surface area contributed by atoms with Crippen molar-refractivity contribution in [3.63, 3.8) is 0 Å². The second-order valence-corrected chi connectivity index (χ2v) is 6.88.